The Balaban J connectivity index is 2.44. The summed E-state index contributed by atoms with van der Waals surface area (Å²) in [5.41, 5.74) is 6.83. The lowest BCUT2D eigenvalue weighted by Crippen LogP contribution is -2.27. The van der Waals surface area contributed by atoms with Crippen molar-refractivity contribution in [3.8, 4) is 0 Å². The summed E-state index contributed by atoms with van der Waals surface area (Å²) in [4.78, 5) is 11.8. The van der Waals surface area contributed by atoms with Crippen molar-refractivity contribution >= 4 is 23.4 Å². The van der Waals surface area contributed by atoms with Crippen LogP contribution >= 0.6 is 11.8 Å². The van der Waals surface area contributed by atoms with Crippen molar-refractivity contribution in [3.63, 3.8) is 0 Å². The number of rotatable bonds is 5. The van der Waals surface area contributed by atoms with E-state index in [-0.39, 0.29) is 5.91 Å². The van der Waals surface area contributed by atoms with E-state index >= 15 is 0 Å². The van der Waals surface area contributed by atoms with Gasteiger partial charge in [0, 0.05) is 25.0 Å². The van der Waals surface area contributed by atoms with Gasteiger partial charge in [-0.05, 0) is 18.7 Å². The van der Waals surface area contributed by atoms with Gasteiger partial charge in [-0.1, -0.05) is 6.92 Å². The van der Waals surface area contributed by atoms with Crippen molar-refractivity contribution in [1.29, 1.82) is 0 Å². The number of nitrogens with zero attached hydrogens (tertiary/aromatic N) is 1. The molecule has 0 aliphatic carbocycles. The molecule has 0 radical (unpaired) electrons. The van der Waals surface area contributed by atoms with E-state index in [1.54, 1.807) is 28.6 Å². The molecule has 16 heavy (non-hydrogen) atoms. The van der Waals surface area contributed by atoms with E-state index in [9.17, 15) is 4.79 Å². The Bertz CT molecular complexity index is 362. The van der Waals surface area contributed by atoms with E-state index in [0.29, 0.717) is 23.2 Å². The average molecular weight is 241 g/mol. The maximum atomic E-state index is 11.8. The SMILES string of the molecule is CSC(C)CCNC(=O)c1cc(N)cn1C. The standard InChI is InChI=1S/C11H19N3OS/c1-8(16-3)4-5-13-11(15)10-6-9(12)7-14(10)2/h6-8H,4-5,12H2,1-3H3,(H,13,15). The largest absolute Gasteiger partial charge is 0.397 e. The van der Waals surface area contributed by atoms with Gasteiger partial charge in [-0.2, -0.15) is 11.8 Å². The first-order chi connectivity index (χ1) is 7.54. The third kappa shape index (κ3) is 3.48. The zero-order valence-electron chi connectivity index (χ0n) is 9.99. The zero-order valence-corrected chi connectivity index (χ0v) is 10.8. The van der Waals surface area contributed by atoms with E-state index in [0.717, 1.165) is 6.42 Å². The fourth-order valence-electron chi connectivity index (χ4n) is 1.41. The number of nitrogens with two attached hydrogens (primary N) is 1. The van der Waals surface area contributed by atoms with Crippen LogP contribution in [0, 0.1) is 0 Å². The molecule has 1 rings (SSSR count). The van der Waals surface area contributed by atoms with Crippen LogP contribution in [0.3, 0.4) is 0 Å². The van der Waals surface area contributed by atoms with E-state index in [2.05, 4.69) is 18.5 Å². The number of hydrogen-bond acceptors (Lipinski definition) is 3. The van der Waals surface area contributed by atoms with E-state index in [4.69, 9.17) is 5.73 Å². The molecule has 0 bridgehead atoms. The van der Waals surface area contributed by atoms with Crippen LogP contribution in [0.4, 0.5) is 5.69 Å². The van der Waals surface area contributed by atoms with Crippen molar-refractivity contribution in [2.75, 3.05) is 18.5 Å². The molecule has 1 heterocycles. The topological polar surface area (TPSA) is 60.1 Å². The van der Waals surface area contributed by atoms with Gasteiger partial charge in [-0.3, -0.25) is 4.79 Å². The summed E-state index contributed by atoms with van der Waals surface area (Å²) in [5.74, 6) is -0.0625. The van der Waals surface area contributed by atoms with Gasteiger partial charge < -0.3 is 15.6 Å². The number of carbonyl (C=O) groups is 1. The summed E-state index contributed by atoms with van der Waals surface area (Å²) in [6, 6.07) is 1.69. The van der Waals surface area contributed by atoms with Gasteiger partial charge >= 0.3 is 0 Å². The van der Waals surface area contributed by atoms with Crippen molar-refractivity contribution in [1.82, 2.24) is 9.88 Å². The van der Waals surface area contributed by atoms with E-state index in [1.165, 1.54) is 0 Å². The summed E-state index contributed by atoms with van der Waals surface area (Å²) in [6.07, 6.45) is 4.79. The van der Waals surface area contributed by atoms with E-state index < -0.39 is 0 Å². The molecule has 1 aromatic heterocycles. The summed E-state index contributed by atoms with van der Waals surface area (Å²) in [5, 5.41) is 3.46. The van der Waals surface area contributed by atoms with Crippen molar-refractivity contribution in [2.24, 2.45) is 7.05 Å². The fourth-order valence-corrected chi connectivity index (χ4v) is 1.77. The minimum atomic E-state index is -0.0625. The lowest BCUT2D eigenvalue weighted by Gasteiger charge is -2.09. The van der Waals surface area contributed by atoms with Crippen LogP contribution in [-0.4, -0.2) is 28.5 Å². The number of thioether (sulfide) groups is 1. The molecule has 0 aliphatic heterocycles. The summed E-state index contributed by atoms with van der Waals surface area (Å²) in [6.45, 7) is 2.85. The number of aromatic nitrogens is 1. The molecule has 1 unspecified atom stereocenters. The van der Waals surface area contributed by atoms with Crippen LogP contribution in [0.5, 0.6) is 0 Å². The van der Waals surface area contributed by atoms with Gasteiger partial charge in [0.15, 0.2) is 0 Å². The second-order valence-electron chi connectivity index (χ2n) is 3.86. The molecule has 0 saturated carbocycles. The van der Waals surface area contributed by atoms with Gasteiger partial charge in [-0.15, -0.1) is 0 Å². The Labute approximate surface area is 101 Å². The lowest BCUT2D eigenvalue weighted by atomic mass is 10.3. The van der Waals surface area contributed by atoms with Crippen molar-refractivity contribution < 1.29 is 4.79 Å². The molecular formula is C11H19N3OS. The van der Waals surface area contributed by atoms with Crippen LogP contribution < -0.4 is 11.1 Å². The van der Waals surface area contributed by atoms with Gasteiger partial charge in [-0.25, -0.2) is 0 Å². The molecule has 0 fully saturated rings. The Kier molecular flexibility index (Phi) is 4.73. The number of anilines is 1. The predicted octanol–water partition coefficient (Wildman–Crippen LogP) is 1.48. The second-order valence-corrected chi connectivity index (χ2v) is 5.14. The number of nitrogens with one attached hydrogen (secondary N) is 1. The smallest absolute Gasteiger partial charge is 0.267 e. The third-order valence-electron chi connectivity index (χ3n) is 2.50. The van der Waals surface area contributed by atoms with Crippen LogP contribution in [0.1, 0.15) is 23.8 Å². The first-order valence-electron chi connectivity index (χ1n) is 5.27. The molecule has 1 atom stereocenters. The maximum Gasteiger partial charge on any atom is 0.267 e. The molecule has 5 heteroatoms. The number of nitrogen functional groups attached to an aromatic ring is 1. The van der Waals surface area contributed by atoms with Crippen LogP contribution in [-0.2, 0) is 7.05 Å². The van der Waals surface area contributed by atoms with Crippen LogP contribution in [0.2, 0.25) is 0 Å². The highest BCUT2D eigenvalue weighted by molar-refractivity contribution is 7.99. The number of hydrogen-bond donors (Lipinski definition) is 2. The Morgan fingerprint density at radius 1 is 1.69 bits per heavy atom. The number of carbonyl (C=O) groups excluding carboxylic acids is 1. The Hall–Kier alpha value is -1.10. The van der Waals surface area contributed by atoms with Gasteiger partial charge in [0.2, 0.25) is 0 Å². The summed E-state index contributed by atoms with van der Waals surface area (Å²) >= 11 is 1.80. The molecule has 90 valence electrons. The Morgan fingerprint density at radius 2 is 2.38 bits per heavy atom. The van der Waals surface area contributed by atoms with Gasteiger partial charge in [0.05, 0.1) is 5.69 Å². The van der Waals surface area contributed by atoms with E-state index in [1.807, 2.05) is 7.05 Å². The van der Waals surface area contributed by atoms with Crippen LogP contribution in [0.25, 0.3) is 0 Å². The average Bonchev–Trinajstić information content (AvgIpc) is 2.57. The first-order valence-corrected chi connectivity index (χ1v) is 6.56. The molecule has 0 spiro atoms. The van der Waals surface area contributed by atoms with Gasteiger partial charge in [0.1, 0.15) is 5.69 Å². The molecule has 3 N–H and O–H groups in total. The lowest BCUT2D eigenvalue weighted by molar-refractivity contribution is 0.0945. The van der Waals surface area contributed by atoms with Crippen molar-refractivity contribution in [2.45, 2.75) is 18.6 Å². The highest BCUT2D eigenvalue weighted by Crippen LogP contribution is 2.10. The maximum absolute atomic E-state index is 11.8. The second kappa shape index (κ2) is 5.84. The zero-order chi connectivity index (χ0) is 12.1. The Morgan fingerprint density at radius 3 is 2.88 bits per heavy atom. The predicted molar refractivity (Wildman–Crippen MR) is 69.8 cm³/mol. The highest BCUT2D eigenvalue weighted by atomic mass is 32.2. The normalized spacial score (nSPS) is 12.4. The molecule has 0 aromatic carbocycles. The molecule has 1 amide bonds. The number of amides is 1. The fraction of sp³-hybridized carbons (Fsp3) is 0.545. The summed E-state index contributed by atoms with van der Waals surface area (Å²) in [7, 11) is 1.82. The molecule has 0 saturated heterocycles. The van der Waals surface area contributed by atoms with Crippen LogP contribution in [0.15, 0.2) is 12.3 Å². The van der Waals surface area contributed by atoms with Gasteiger partial charge in [0.25, 0.3) is 5.91 Å². The third-order valence-corrected chi connectivity index (χ3v) is 3.54. The first kappa shape index (κ1) is 13.0. The quantitative estimate of drug-likeness (QED) is 0.821. The summed E-state index contributed by atoms with van der Waals surface area (Å²) < 4.78 is 1.74. The minimum Gasteiger partial charge on any atom is -0.397 e. The monoisotopic (exact) mass is 241 g/mol. The number of aryl methyl sites for hydroxylation is 1. The molecule has 1 aromatic rings. The van der Waals surface area contributed by atoms with Crippen molar-refractivity contribution in [3.05, 3.63) is 18.0 Å². The molecule has 4 nitrogen and oxygen atoms in total. The molecular weight excluding hydrogens is 222 g/mol. The minimum absolute atomic E-state index is 0.0625. The molecule has 0 aliphatic rings. The highest BCUT2D eigenvalue weighted by Gasteiger charge is 2.10.